The number of carbonyl (C=O) groups excluding carboxylic acids is 1. The van der Waals surface area contributed by atoms with Crippen LogP contribution in [0.5, 0.6) is 5.75 Å². The molecule has 0 aromatic heterocycles. The molecule has 0 saturated carbocycles. The van der Waals surface area contributed by atoms with Crippen molar-refractivity contribution in [3.8, 4) is 5.75 Å². The first kappa shape index (κ1) is 16.1. The van der Waals surface area contributed by atoms with Gasteiger partial charge in [-0.15, -0.1) is 0 Å². The van der Waals surface area contributed by atoms with E-state index in [1.165, 1.54) is 0 Å². The number of benzene rings is 1. The Morgan fingerprint density at radius 3 is 2.60 bits per heavy atom. The maximum absolute atomic E-state index is 11.3. The van der Waals surface area contributed by atoms with Gasteiger partial charge >= 0.3 is 12.0 Å². The quantitative estimate of drug-likeness (QED) is 0.640. The first-order valence-corrected chi connectivity index (χ1v) is 6.58. The molecule has 0 aliphatic rings. The van der Waals surface area contributed by atoms with Gasteiger partial charge in [-0.25, -0.2) is 4.79 Å². The number of carboxylic acids is 1. The van der Waals surface area contributed by atoms with Crippen LogP contribution in [0.15, 0.2) is 24.3 Å². The van der Waals surface area contributed by atoms with Crippen molar-refractivity contribution in [3.63, 3.8) is 0 Å². The van der Waals surface area contributed by atoms with Crippen LogP contribution >= 0.6 is 11.6 Å². The fourth-order valence-corrected chi connectivity index (χ4v) is 1.58. The molecular weight excluding hydrogens is 284 g/mol. The zero-order chi connectivity index (χ0) is 14.8. The Balaban J connectivity index is 2.07. The summed E-state index contributed by atoms with van der Waals surface area (Å²) in [6, 6.07) is 6.73. The Bertz CT molecular complexity index is 454. The fraction of sp³-hybridized carbons (Fsp3) is 0.385. The summed E-state index contributed by atoms with van der Waals surface area (Å²) in [7, 11) is 0. The largest absolute Gasteiger partial charge is 0.490 e. The number of urea groups is 1. The third-order valence-electron chi connectivity index (χ3n) is 2.33. The standard InChI is InChI=1S/C13H17ClN2O4/c14-10-4-1-2-5-11(10)20-9-8-16-13(19)15-7-3-6-12(17)18/h1-2,4-5H,3,6-9H2,(H,17,18)(H2,15,16,19). The molecule has 3 N–H and O–H groups in total. The Labute approximate surface area is 122 Å². The molecule has 0 spiro atoms. The van der Waals surface area contributed by atoms with Crippen molar-refractivity contribution < 1.29 is 19.4 Å². The molecule has 0 unspecified atom stereocenters. The molecule has 6 nitrogen and oxygen atoms in total. The number of ether oxygens (including phenoxy) is 1. The Hall–Kier alpha value is -1.95. The third-order valence-corrected chi connectivity index (χ3v) is 2.65. The highest BCUT2D eigenvalue weighted by atomic mass is 35.5. The van der Waals surface area contributed by atoms with Gasteiger partial charge in [-0.2, -0.15) is 0 Å². The van der Waals surface area contributed by atoms with Gasteiger partial charge in [0.2, 0.25) is 0 Å². The molecule has 2 amide bonds. The number of carbonyl (C=O) groups is 2. The Morgan fingerprint density at radius 2 is 1.90 bits per heavy atom. The molecule has 0 saturated heterocycles. The molecule has 0 aliphatic carbocycles. The maximum atomic E-state index is 11.3. The molecule has 0 heterocycles. The summed E-state index contributed by atoms with van der Waals surface area (Å²) in [5, 5.41) is 14.1. The topological polar surface area (TPSA) is 87.7 Å². The van der Waals surface area contributed by atoms with Crippen LogP contribution < -0.4 is 15.4 Å². The summed E-state index contributed by atoms with van der Waals surface area (Å²) in [6.07, 6.45) is 0.439. The summed E-state index contributed by atoms with van der Waals surface area (Å²) < 4.78 is 5.39. The smallest absolute Gasteiger partial charge is 0.314 e. The highest BCUT2D eigenvalue weighted by Gasteiger charge is 2.02. The molecule has 1 rings (SSSR count). The van der Waals surface area contributed by atoms with Crippen LogP contribution in [0.25, 0.3) is 0 Å². The number of hydrogen-bond acceptors (Lipinski definition) is 3. The van der Waals surface area contributed by atoms with E-state index in [2.05, 4.69) is 10.6 Å². The van der Waals surface area contributed by atoms with Crippen LogP contribution in [-0.4, -0.2) is 36.8 Å². The molecule has 0 aliphatic heterocycles. The number of rotatable bonds is 8. The van der Waals surface area contributed by atoms with E-state index in [1.807, 2.05) is 6.07 Å². The Morgan fingerprint density at radius 1 is 1.20 bits per heavy atom. The number of aliphatic carboxylic acids is 1. The van der Waals surface area contributed by atoms with Crippen molar-refractivity contribution in [2.75, 3.05) is 19.7 Å². The number of nitrogens with one attached hydrogen (secondary N) is 2. The first-order chi connectivity index (χ1) is 9.59. The molecule has 20 heavy (non-hydrogen) atoms. The molecule has 0 bridgehead atoms. The maximum Gasteiger partial charge on any atom is 0.314 e. The second kappa shape index (κ2) is 9.03. The first-order valence-electron chi connectivity index (χ1n) is 6.20. The minimum Gasteiger partial charge on any atom is -0.490 e. The molecule has 0 atom stereocenters. The van der Waals surface area contributed by atoms with Crippen LogP contribution in [-0.2, 0) is 4.79 Å². The van der Waals surface area contributed by atoms with Crippen LogP contribution in [0.1, 0.15) is 12.8 Å². The van der Waals surface area contributed by atoms with E-state index in [-0.39, 0.29) is 12.5 Å². The highest BCUT2D eigenvalue weighted by Crippen LogP contribution is 2.22. The number of para-hydroxylation sites is 1. The number of halogens is 1. The van der Waals surface area contributed by atoms with Gasteiger partial charge in [0.15, 0.2) is 0 Å². The van der Waals surface area contributed by atoms with Gasteiger partial charge in [0.25, 0.3) is 0 Å². The van der Waals surface area contributed by atoms with Crippen LogP contribution in [0.3, 0.4) is 0 Å². The monoisotopic (exact) mass is 300 g/mol. The average molecular weight is 301 g/mol. The minimum absolute atomic E-state index is 0.0376. The van der Waals surface area contributed by atoms with Gasteiger partial charge in [0.05, 0.1) is 11.6 Å². The van der Waals surface area contributed by atoms with Crippen molar-refractivity contribution in [1.29, 1.82) is 0 Å². The molecule has 0 radical (unpaired) electrons. The number of hydrogen-bond donors (Lipinski definition) is 3. The minimum atomic E-state index is -0.875. The molecule has 110 valence electrons. The van der Waals surface area contributed by atoms with Crippen molar-refractivity contribution >= 4 is 23.6 Å². The molecule has 7 heteroatoms. The van der Waals surface area contributed by atoms with Gasteiger partial charge in [-0.3, -0.25) is 4.79 Å². The van der Waals surface area contributed by atoms with E-state index in [0.29, 0.717) is 36.9 Å². The lowest BCUT2D eigenvalue weighted by molar-refractivity contribution is -0.137. The molecule has 1 aromatic carbocycles. The zero-order valence-corrected chi connectivity index (χ0v) is 11.7. The van der Waals surface area contributed by atoms with Crippen molar-refractivity contribution in [1.82, 2.24) is 10.6 Å². The summed E-state index contributed by atoms with van der Waals surface area (Å²) >= 11 is 5.90. The van der Waals surface area contributed by atoms with Crippen LogP contribution in [0, 0.1) is 0 Å². The lowest BCUT2D eigenvalue weighted by atomic mass is 10.3. The van der Waals surface area contributed by atoms with E-state index in [1.54, 1.807) is 18.2 Å². The summed E-state index contributed by atoms with van der Waals surface area (Å²) in [5.74, 6) is -0.307. The third kappa shape index (κ3) is 6.84. The van der Waals surface area contributed by atoms with E-state index < -0.39 is 5.97 Å². The van der Waals surface area contributed by atoms with E-state index >= 15 is 0 Å². The average Bonchev–Trinajstić information content (AvgIpc) is 2.41. The fourth-order valence-electron chi connectivity index (χ4n) is 1.39. The van der Waals surface area contributed by atoms with E-state index in [0.717, 1.165) is 0 Å². The van der Waals surface area contributed by atoms with Gasteiger partial charge in [0, 0.05) is 13.0 Å². The number of carboxylic acid groups (broad SMARTS) is 1. The predicted molar refractivity (Wildman–Crippen MR) is 75.2 cm³/mol. The summed E-state index contributed by atoms with van der Waals surface area (Å²) in [4.78, 5) is 21.6. The molecular formula is C13H17ClN2O4. The predicted octanol–water partition coefficient (Wildman–Crippen LogP) is 1.88. The van der Waals surface area contributed by atoms with Crippen LogP contribution in [0.4, 0.5) is 4.79 Å². The summed E-state index contributed by atoms with van der Waals surface area (Å²) in [5.41, 5.74) is 0. The van der Waals surface area contributed by atoms with Gasteiger partial charge in [-0.1, -0.05) is 23.7 Å². The van der Waals surface area contributed by atoms with E-state index in [4.69, 9.17) is 21.4 Å². The van der Waals surface area contributed by atoms with Gasteiger partial charge in [-0.05, 0) is 18.6 Å². The van der Waals surface area contributed by atoms with Crippen molar-refractivity contribution in [2.24, 2.45) is 0 Å². The SMILES string of the molecule is O=C(O)CCCNC(=O)NCCOc1ccccc1Cl. The summed E-state index contributed by atoms with van der Waals surface area (Å²) in [6.45, 7) is 0.950. The van der Waals surface area contributed by atoms with Crippen molar-refractivity contribution in [3.05, 3.63) is 29.3 Å². The lowest BCUT2D eigenvalue weighted by Crippen LogP contribution is -2.38. The normalized spacial score (nSPS) is 9.85. The number of amides is 2. The Kier molecular flexibility index (Phi) is 7.27. The zero-order valence-electron chi connectivity index (χ0n) is 10.9. The molecule has 1 aromatic rings. The van der Waals surface area contributed by atoms with Gasteiger partial charge < -0.3 is 20.5 Å². The van der Waals surface area contributed by atoms with Crippen LogP contribution in [0.2, 0.25) is 5.02 Å². The lowest BCUT2D eigenvalue weighted by Gasteiger charge is -2.09. The van der Waals surface area contributed by atoms with Gasteiger partial charge in [0.1, 0.15) is 12.4 Å². The molecule has 0 fully saturated rings. The van der Waals surface area contributed by atoms with Crippen molar-refractivity contribution in [2.45, 2.75) is 12.8 Å². The second-order valence-corrected chi connectivity index (χ2v) is 4.37. The highest BCUT2D eigenvalue weighted by molar-refractivity contribution is 6.32. The van der Waals surface area contributed by atoms with E-state index in [9.17, 15) is 9.59 Å². The second-order valence-electron chi connectivity index (χ2n) is 3.96.